The van der Waals surface area contributed by atoms with Crippen molar-refractivity contribution in [1.29, 1.82) is 0 Å². The van der Waals surface area contributed by atoms with Crippen LogP contribution in [0.3, 0.4) is 0 Å². The predicted molar refractivity (Wildman–Crippen MR) is 66.7 cm³/mol. The second kappa shape index (κ2) is 4.96. The van der Waals surface area contributed by atoms with Crippen molar-refractivity contribution < 1.29 is 18.3 Å². The summed E-state index contributed by atoms with van der Waals surface area (Å²) in [6, 6.07) is 4.27. The number of hydrogen-bond acceptors (Lipinski definition) is 3. The Kier molecular flexibility index (Phi) is 3.31. The molecule has 1 aromatic carbocycles. The summed E-state index contributed by atoms with van der Waals surface area (Å²) in [4.78, 5) is 0. The van der Waals surface area contributed by atoms with Crippen LogP contribution in [0.5, 0.6) is 11.5 Å². The Bertz CT molecular complexity index is 459. The highest BCUT2D eigenvalue weighted by Gasteiger charge is 2.36. The number of ether oxygens (including phenoxy) is 2. The summed E-state index contributed by atoms with van der Waals surface area (Å²) in [5, 5.41) is 3.16. The van der Waals surface area contributed by atoms with Gasteiger partial charge in [-0.2, -0.15) is 0 Å². The minimum Gasteiger partial charge on any atom is -0.454 e. The third-order valence-corrected chi connectivity index (χ3v) is 3.71. The van der Waals surface area contributed by atoms with Crippen LogP contribution in [-0.2, 0) is 5.92 Å². The summed E-state index contributed by atoms with van der Waals surface area (Å²) in [5.41, 5.74) is 0.00382. The zero-order valence-electron chi connectivity index (χ0n) is 10.6. The fourth-order valence-electron chi connectivity index (χ4n) is 2.65. The van der Waals surface area contributed by atoms with Crippen LogP contribution >= 0.6 is 0 Å². The molecular formula is C14H17F2NO2. The van der Waals surface area contributed by atoms with Crippen LogP contribution in [0.2, 0.25) is 0 Å². The van der Waals surface area contributed by atoms with Gasteiger partial charge < -0.3 is 14.8 Å². The molecule has 0 radical (unpaired) electrons. The highest BCUT2D eigenvalue weighted by atomic mass is 19.3. The Morgan fingerprint density at radius 3 is 2.84 bits per heavy atom. The van der Waals surface area contributed by atoms with Crippen molar-refractivity contribution in [3.05, 3.63) is 23.8 Å². The fraction of sp³-hybridized carbons (Fsp3) is 0.571. The van der Waals surface area contributed by atoms with Crippen LogP contribution < -0.4 is 14.8 Å². The normalized spacial score (nSPS) is 22.5. The van der Waals surface area contributed by atoms with E-state index in [-0.39, 0.29) is 24.8 Å². The van der Waals surface area contributed by atoms with Crippen molar-refractivity contribution in [1.82, 2.24) is 5.32 Å². The first-order chi connectivity index (χ1) is 9.15. The van der Waals surface area contributed by atoms with Gasteiger partial charge in [0.15, 0.2) is 11.5 Å². The van der Waals surface area contributed by atoms with Gasteiger partial charge in [-0.3, -0.25) is 0 Å². The average molecular weight is 269 g/mol. The molecule has 2 aliphatic rings. The number of benzene rings is 1. The van der Waals surface area contributed by atoms with E-state index in [1.54, 1.807) is 6.07 Å². The molecule has 1 atom stereocenters. The van der Waals surface area contributed by atoms with Crippen molar-refractivity contribution >= 4 is 0 Å². The minimum absolute atomic E-state index is 0.00382. The van der Waals surface area contributed by atoms with Crippen LogP contribution in [-0.4, -0.2) is 19.4 Å². The van der Waals surface area contributed by atoms with Gasteiger partial charge in [0.05, 0.1) is 0 Å². The molecule has 104 valence electrons. The number of alkyl halides is 2. The fourth-order valence-corrected chi connectivity index (χ4v) is 2.65. The van der Waals surface area contributed by atoms with E-state index in [9.17, 15) is 8.78 Å². The highest BCUT2D eigenvalue weighted by molar-refractivity contribution is 5.45. The van der Waals surface area contributed by atoms with Crippen molar-refractivity contribution in [2.75, 3.05) is 13.3 Å². The Morgan fingerprint density at radius 2 is 2.05 bits per heavy atom. The van der Waals surface area contributed by atoms with Gasteiger partial charge in [0.25, 0.3) is 5.92 Å². The molecule has 0 aliphatic carbocycles. The average Bonchev–Trinajstić information content (AvgIpc) is 2.86. The summed E-state index contributed by atoms with van der Waals surface area (Å²) < 4.78 is 38.8. The summed E-state index contributed by atoms with van der Waals surface area (Å²) in [5.74, 6) is -1.89. The molecule has 0 aromatic heterocycles. The number of piperidine rings is 1. The third kappa shape index (κ3) is 2.66. The van der Waals surface area contributed by atoms with Crippen molar-refractivity contribution in [2.45, 2.75) is 37.6 Å². The van der Waals surface area contributed by atoms with E-state index in [2.05, 4.69) is 5.32 Å². The molecule has 0 spiro atoms. The number of rotatable bonds is 3. The van der Waals surface area contributed by atoms with Gasteiger partial charge in [0, 0.05) is 18.0 Å². The standard InChI is InChI=1S/C14H17F2NO2/c15-14(16,8-11-3-1-2-6-17-11)10-4-5-12-13(7-10)19-9-18-12/h4-5,7,11,17H,1-3,6,8-9H2. The van der Waals surface area contributed by atoms with Crippen LogP contribution in [0, 0.1) is 0 Å². The monoisotopic (exact) mass is 269 g/mol. The van der Waals surface area contributed by atoms with Gasteiger partial charge in [0.1, 0.15) is 0 Å². The topological polar surface area (TPSA) is 30.5 Å². The minimum atomic E-state index is -2.84. The maximum Gasteiger partial charge on any atom is 0.274 e. The predicted octanol–water partition coefficient (Wildman–Crippen LogP) is 3.04. The first kappa shape index (κ1) is 12.7. The maximum atomic E-state index is 14.3. The summed E-state index contributed by atoms with van der Waals surface area (Å²) in [6.45, 7) is 0.941. The SMILES string of the molecule is FC(F)(CC1CCCCN1)c1ccc2c(c1)OCO2. The Balaban J connectivity index is 1.75. The Labute approximate surface area is 110 Å². The van der Waals surface area contributed by atoms with E-state index in [0.29, 0.717) is 11.5 Å². The third-order valence-electron chi connectivity index (χ3n) is 3.71. The lowest BCUT2D eigenvalue weighted by atomic mass is 9.95. The second-order valence-electron chi connectivity index (χ2n) is 5.12. The largest absolute Gasteiger partial charge is 0.454 e. The van der Waals surface area contributed by atoms with Crippen molar-refractivity contribution in [3.63, 3.8) is 0 Å². The molecule has 5 heteroatoms. The molecule has 0 bridgehead atoms. The zero-order chi connectivity index (χ0) is 13.3. The van der Waals surface area contributed by atoms with E-state index >= 15 is 0 Å². The summed E-state index contributed by atoms with van der Waals surface area (Å²) >= 11 is 0. The molecule has 3 nitrogen and oxygen atoms in total. The second-order valence-corrected chi connectivity index (χ2v) is 5.12. The first-order valence-corrected chi connectivity index (χ1v) is 6.66. The quantitative estimate of drug-likeness (QED) is 0.915. The number of halogens is 2. The molecule has 1 fully saturated rings. The van der Waals surface area contributed by atoms with Crippen LogP contribution in [0.4, 0.5) is 8.78 Å². The van der Waals surface area contributed by atoms with Crippen molar-refractivity contribution in [3.8, 4) is 11.5 Å². The van der Waals surface area contributed by atoms with E-state index in [0.717, 1.165) is 25.8 Å². The lowest BCUT2D eigenvalue weighted by molar-refractivity contribution is -0.0254. The van der Waals surface area contributed by atoms with E-state index in [1.165, 1.54) is 12.1 Å². The van der Waals surface area contributed by atoms with Gasteiger partial charge >= 0.3 is 0 Å². The highest BCUT2D eigenvalue weighted by Crippen LogP contribution is 2.40. The zero-order valence-corrected chi connectivity index (χ0v) is 10.6. The molecule has 2 heterocycles. The van der Waals surface area contributed by atoms with Crippen LogP contribution in [0.1, 0.15) is 31.2 Å². The molecule has 1 saturated heterocycles. The Hall–Kier alpha value is -1.36. The van der Waals surface area contributed by atoms with Crippen molar-refractivity contribution in [2.24, 2.45) is 0 Å². The number of hydrogen-bond donors (Lipinski definition) is 1. The van der Waals surface area contributed by atoms with E-state index < -0.39 is 5.92 Å². The van der Waals surface area contributed by atoms with Crippen LogP contribution in [0.15, 0.2) is 18.2 Å². The Morgan fingerprint density at radius 1 is 1.21 bits per heavy atom. The first-order valence-electron chi connectivity index (χ1n) is 6.66. The molecular weight excluding hydrogens is 252 g/mol. The van der Waals surface area contributed by atoms with Gasteiger partial charge in [-0.25, -0.2) is 8.78 Å². The molecule has 1 N–H and O–H groups in total. The molecule has 1 unspecified atom stereocenters. The molecule has 0 amide bonds. The van der Waals surface area contributed by atoms with E-state index in [1.807, 2.05) is 0 Å². The van der Waals surface area contributed by atoms with Gasteiger partial charge in [-0.1, -0.05) is 6.42 Å². The lowest BCUT2D eigenvalue weighted by Gasteiger charge is -2.27. The van der Waals surface area contributed by atoms with Crippen LogP contribution in [0.25, 0.3) is 0 Å². The molecule has 0 saturated carbocycles. The number of nitrogens with one attached hydrogen (secondary N) is 1. The maximum absolute atomic E-state index is 14.3. The summed E-state index contributed by atoms with van der Waals surface area (Å²) in [6.07, 6.45) is 2.76. The lowest BCUT2D eigenvalue weighted by Crippen LogP contribution is -2.37. The molecule has 1 aromatic rings. The van der Waals surface area contributed by atoms with Gasteiger partial charge in [-0.05, 0) is 37.6 Å². The van der Waals surface area contributed by atoms with Gasteiger partial charge in [-0.15, -0.1) is 0 Å². The van der Waals surface area contributed by atoms with Gasteiger partial charge in [0.2, 0.25) is 6.79 Å². The van der Waals surface area contributed by atoms with E-state index in [4.69, 9.17) is 9.47 Å². The molecule has 3 rings (SSSR count). The smallest absolute Gasteiger partial charge is 0.274 e. The number of fused-ring (bicyclic) bond motifs is 1. The molecule has 19 heavy (non-hydrogen) atoms. The molecule has 2 aliphatic heterocycles. The summed E-state index contributed by atoms with van der Waals surface area (Å²) in [7, 11) is 0.